The zero-order chi connectivity index (χ0) is 9.54. The summed E-state index contributed by atoms with van der Waals surface area (Å²) >= 11 is 0. The van der Waals surface area contributed by atoms with Gasteiger partial charge in [-0.3, -0.25) is 4.79 Å². The van der Waals surface area contributed by atoms with Crippen LogP contribution in [0.25, 0.3) is 16.7 Å². The molecule has 0 amide bonds. The molecular weight excluding hydrogens is 180 g/mol. The maximum Gasteiger partial charge on any atom is 0.309 e. The molecule has 0 bridgehead atoms. The summed E-state index contributed by atoms with van der Waals surface area (Å²) in [7, 11) is 0. The molecule has 4 nitrogen and oxygen atoms in total. The smallest absolute Gasteiger partial charge is 0.309 e. The van der Waals surface area contributed by atoms with Crippen molar-refractivity contribution >= 4 is 16.7 Å². The minimum Gasteiger partial charge on any atom is -0.432 e. The van der Waals surface area contributed by atoms with Gasteiger partial charge in [-0.15, -0.1) is 0 Å². The van der Waals surface area contributed by atoms with E-state index in [0.29, 0.717) is 16.7 Å². The molecule has 14 heavy (non-hydrogen) atoms. The molecule has 0 fully saturated rings. The Morgan fingerprint density at radius 3 is 3.07 bits per heavy atom. The molecule has 4 heteroatoms. The summed E-state index contributed by atoms with van der Waals surface area (Å²) in [5.41, 5.74) is 0.562. The Balaban J connectivity index is 2.70. The number of hydrogen-bond donors (Lipinski definition) is 0. The largest absolute Gasteiger partial charge is 0.432 e. The van der Waals surface area contributed by atoms with Crippen LogP contribution < -0.4 is 5.56 Å². The predicted octanol–water partition coefficient (Wildman–Crippen LogP) is 1.44. The van der Waals surface area contributed by atoms with E-state index in [4.69, 9.17) is 4.42 Å². The summed E-state index contributed by atoms with van der Waals surface area (Å²) in [4.78, 5) is 16.0. The van der Waals surface area contributed by atoms with Crippen LogP contribution in [0, 0.1) is 0 Å². The van der Waals surface area contributed by atoms with Crippen LogP contribution in [0.2, 0.25) is 0 Å². The fraction of sp³-hybridized carbons (Fsp3) is 0. The van der Waals surface area contributed by atoms with Crippen molar-refractivity contribution in [1.29, 1.82) is 0 Å². The summed E-state index contributed by atoms with van der Waals surface area (Å²) in [6.07, 6.45) is 3.01. The van der Waals surface area contributed by atoms with Crippen molar-refractivity contribution in [3.8, 4) is 0 Å². The van der Waals surface area contributed by atoms with Crippen LogP contribution >= 0.6 is 0 Å². The number of rotatable bonds is 0. The summed E-state index contributed by atoms with van der Waals surface area (Å²) in [5, 5.41) is 0.603. The molecular formula is C10H6N2O2. The van der Waals surface area contributed by atoms with Gasteiger partial charge in [0.25, 0.3) is 5.56 Å². The molecule has 3 aromatic rings. The maximum atomic E-state index is 11.8. The van der Waals surface area contributed by atoms with Gasteiger partial charge in [-0.2, -0.15) is 4.98 Å². The van der Waals surface area contributed by atoms with Gasteiger partial charge in [-0.25, -0.2) is 4.40 Å². The second-order valence-corrected chi connectivity index (χ2v) is 2.99. The third-order valence-corrected chi connectivity index (χ3v) is 2.16. The number of fused-ring (bicyclic) bond motifs is 2. The highest BCUT2D eigenvalue weighted by Gasteiger charge is 2.05. The molecule has 0 N–H and O–H groups in total. The molecule has 0 aliphatic carbocycles. The van der Waals surface area contributed by atoms with Crippen molar-refractivity contribution < 1.29 is 4.42 Å². The summed E-state index contributed by atoms with van der Waals surface area (Å²) < 4.78 is 6.45. The molecule has 0 saturated heterocycles. The van der Waals surface area contributed by atoms with Gasteiger partial charge in [0.15, 0.2) is 0 Å². The number of hydrogen-bond acceptors (Lipinski definition) is 3. The first-order valence-corrected chi connectivity index (χ1v) is 4.21. The minimum atomic E-state index is -0.0978. The summed E-state index contributed by atoms with van der Waals surface area (Å²) in [6, 6.07) is 7.20. The van der Waals surface area contributed by atoms with Crippen LogP contribution in [0.1, 0.15) is 0 Å². The minimum absolute atomic E-state index is 0.0978. The van der Waals surface area contributed by atoms with Crippen LogP contribution in [0.15, 0.2) is 45.9 Å². The van der Waals surface area contributed by atoms with E-state index in [0.717, 1.165) is 0 Å². The number of nitrogens with zero attached hydrogens (tertiary/aromatic N) is 2. The molecule has 0 unspecified atom stereocenters. The first-order chi connectivity index (χ1) is 6.86. The molecule has 2 aromatic heterocycles. The molecule has 68 valence electrons. The van der Waals surface area contributed by atoms with Gasteiger partial charge >= 0.3 is 5.84 Å². The SMILES string of the molecule is O=c1c2ccccc2nc2occn12. The molecule has 0 aliphatic heterocycles. The normalized spacial score (nSPS) is 11.1. The van der Waals surface area contributed by atoms with E-state index in [1.54, 1.807) is 18.3 Å². The number of para-hydroxylation sites is 1. The van der Waals surface area contributed by atoms with Crippen molar-refractivity contribution in [3.63, 3.8) is 0 Å². The lowest BCUT2D eigenvalue weighted by Crippen LogP contribution is -2.12. The lowest BCUT2D eigenvalue weighted by Gasteiger charge is -1.95. The first-order valence-electron chi connectivity index (χ1n) is 4.21. The first kappa shape index (κ1) is 7.32. The Labute approximate surface area is 78.4 Å². The fourth-order valence-corrected chi connectivity index (χ4v) is 1.49. The Morgan fingerprint density at radius 2 is 2.14 bits per heavy atom. The van der Waals surface area contributed by atoms with Crippen molar-refractivity contribution in [3.05, 3.63) is 47.1 Å². The van der Waals surface area contributed by atoms with Gasteiger partial charge in [-0.05, 0) is 12.1 Å². The van der Waals surface area contributed by atoms with E-state index in [1.807, 2.05) is 12.1 Å². The number of oxazole rings is 1. The van der Waals surface area contributed by atoms with Crippen LogP contribution in [-0.4, -0.2) is 9.38 Å². The zero-order valence-electron chi connectivity index (χ0n) is 7.18. The molecule has 3 rings (SSSR count). The molecule has 2 heterocycles. The molecule has 1 aromatic carbocycles. The number of aromatic nitrogens is 2. The summed E-state index contributed by atoms with van der Waals surface area (Å²) in [6.45, 7) is 0. The number of benzene rings is 1. The van der Waals surface area contributed by atoms with Crippen LogP contribution in [0.5, 0.6) is 0 Å². The van der Waals surface area contributed by atoms with E-state index < -0.39 is 0 Å². The van der Waals surface area contributed by atoms with E-state index in [9.17, 15) is 4.79 Å². The topological polar surface area (TPSA) is 47.5 Å². The predicted molar refractivity (Wildman–Crippen MR) is 51.2 cm³/mol. The lowest BCUT2D eigenvalue weighted by atomic mass is 10.2. The van der Waals surface area contributed by atoms with E-state index in [1.165, 1.54) is 10.7 Å². The monoisotopic (exact) mass is 186 g/mol. The van der Waals surface area contributed by atoms with Gasteiger partial charge in [0.05, 0.1) is 17.1 Å². The van der Waals surface area contributed by atoms with Gasteiger partial charge in [-0.1, -0.05) is 12.1 Å². The highest BCUT2D eigenvalue weighted by Crippen LogP contribution is 2.08. The Hall–Kier alpha value is -2.10. The molecule has 0 atom stereocenters. The van der Waals surface area contributed by atoms with Crippen molar-refractivity contribution in [2.45, 2.75) is 0 Å². The fourth-order valence-electron chi connectivity index (χ4n) is 1.49. The van der Waals surface area contributed by atoms with Gasteiger partial charge in [0.1, 0.15) is 6.26 Å². The Morgan fingerprint density at radius 1 is 1.29 bits per heavy atom. The highest BCUT2D eigenvalue weighted by molar-refractivity contribution is 5.78. The van der Waals surface area contributed by atoms with Gasteiger partial charge in [0.2, 0.25) is 0 Å². The van der Waals surface area contributed by atoms with Crippen molar-refractivity contribution in [2.24, 2.45) is 0 Å². The van der Waals surface area contributed by atoms with E-state index in [2.05, 4.69) is 4.98 Å². The van der Waals surface area contributed by atoms with Gasteiger partial charge < -0.3 is 4.42 Å². The quantitative estimate of drug-likeness (QED) is 0.533. The zero-order valence-corrected chi connectivity index (χ0v) is 7.18. The second-order valence-electron chi connectivity index (χ2n) is 2.99. The molecule has 0 saturated carbocycles. The average molecular weight is 186 g/mol. The van der Waals surface area contributed by atoms with Crippen molar-refractivity contribution in [1.82, 2.24) is 9.38 Å². The van der Waals surface area contributed by atoms with Crippen LogP contribution in [0.3, 0.4) is 0 Å². The van der Waals surface area contributed by atoms with Crippen LogP contribution in [0.4, 0.5) is 0 Å². The van der Waals surface area contributed by atoms with E-state index in [-0.39, 0.29) is 5.56 Å². The third-order valence-electron chi connectivity index (χ3n) is 2.16. The lowest BCUT2D eigenvalue weighted by molar-refractivity contribution is 0.593. The Bertz CT molecular complexity index is 666. The average Bonchev–Trinajstić information content (AvgIpc) is 2.66. The summed E-state index contributed by atoms with van der Waals surface area (Å²) in [5.74, 6) is 0.328. The highest BCUT2D eigenvalue weighted by atomic mass is 16.3. The van der Waals surface area contributed by atoms with Crippen LogP contribution in [-0.2, 0) is 0 Å². The second kappa shape index (κ2) is 2.45. The molecule has 0 spiro atoms. The molecule has 0 radical (unpaired) electrons. The Kier molecular flexibility index (Phi) is 1.28. The van der Waals surface area contributed by atoms with E-state index >= 15 is 0 Å². The van der Waals surface area contributed by atoms with Crippen molar-refractivity contribution in [2.75, 3.05) is 0 Å². The molecule has 0 aliphatic rings. The van der Waals surface area contributed by atoms with Gasteiger partial charge in [0, 0.05) is 0 Å². The third kappa shape index (κ3) is 0.821. The maximum absolute atomic E-state index is 11.8. The standard InChI is InChI=1S/C10H6N2O2/c13-9-7-3-1-2-4-8(7)11-10-12(9)5-6-14-10/h1-6H.